The first-order chi connectivity index (χ1) is 12.7. The number of piperazine rings is 1. The van der Waals surface area contributed by atoms with Crippen molar-refractivity contribution in [3.63, 3.8) is 0 Å². The number of hydrogen-bond donors (Lipinski definition) is 0. The molecule has 5 nitrogen and oxygen atoms in total. The number of amides is 2. The van der Waals surface area contributed by atoms with E-state index < -0.39 is 0 Å². The second-order valence-corrected chi connectivity index (χ2v) is 7.15. The van der Waals surface area contributed by atoms with E-state index in [4.69, 9.17) is 4.42 Å². The highest BCUT2D eigenvalue weighted by Gasteiger charge is 2.30. The van der Waals surface area contributed by atoms with E-state index >= 15 is 0 Å². The van der Waals surface area contributed by atoms with Gasteiger partial charge in [0.15, 0.2) is 0 Å². The quantitative estimate of drug-likeness (QED) is 0.797. The summed E-state index contributed by atoms with van der Waals surface area (Å²) < 4.78 is 5.70. The van der Waals surface area contributed by atoms with Gasteiger partial charge in [0, 0.05) is 43.6 Å². The van der Waals surface area contributed by atoms with Crippen LogP contribution >= 0.6 is 0 Å². The predicted octanol–water partition coefficient (Wildman–Crippen LogP) is 3.31. The molecule has 0 atom stereocenters. The molecule has 1 aromatic carbocycles. The molecule has 5 heteroatoms. The second-order valence-electron chi connectivity index (χ2n) is 7.15. The number of para-hydroxylation sites is 1. The SMILES string of the molecule is O=C(/C=C/c1cc2ccccc2o1)N1CCN(C(=O)C2CCCC2)CC1. The lowest BCUT2D eigenvalue weighted by Gasteiger charge is -2.35. The number of rotatable bonds is 3. The van der Waals surface area contributed by atoms with E-state index in [0.29, 0.717) is 31.9 Å². The van der Waals surface area contributed by atoms with E-state index in [1.54, 1.807) is 17.1 Å². The van der Waals surface area contributed by atoms with Crippen LogP contribution in [0.15, 0.2) is 40.8 Å². The maximum absolute atomic E-state index is 12.5. The lowest BCUT2D eigenvalue weighted by Crippen LogP contribution is -2.51. The monoisotopic (exact) mass is 352 g/mol. The number of furan rings is 1. The summed E-state index contributed by atoms with van der Waals surface area (Å²) in [4.78, 5) is 28.6. The molecule has 0 spiro atoms. The summed E-state index contributed by atoms with van der Waals surface area (Å²) in [5.74, 6) is 1.14. The van der Waals surface area contributed by atoms with E-state index in [1.807, 2.05) is 35.2 Å². The Bertz CT molecular complexity index is 792. The zero-order valence-corrected chi connectivity index (χ0v) is 14.9. The molecule has 0 unspecified atom stereocenters. The minimum Gasteiger partial charge on any atom is -0.457 e. The van der Waals surface area contributed by atoms with Crippen LogP contribution in [0, 0.1) is 5.92 Å². The van der Waals surface area contributed by atoms with Crippen LogP contribution in [0.3, 0.4) is 0 Å². The van der Waals surface area contributed by atoms with Crippen LogP contribution in [-0.2, 0) is 9.59 Å². The maximum Gasteiger partial charge on any atom is 0.246 e. The Labute approximate surface area is 153 Å². The Kier molecular flexibility index (Phi) is 4.78. The van der Waals surface area contributed by atoms with Crippen molar-refractivity contribution in [2.45, 2.75) is 25.7 Å². The van der Waals surface area contributed by atoms with Crippen molar-refractivity contribution in [2.75, 3.05) is 26.2 Å². The standard InChI is InChI=1S/C21H24N2O3/c24-20(10-9-18-15-17-7-3-4-8-19(17)26-18)22-11-13-23(14-12-22)21(25)16-5-1-2-6-16/h3-4,7-10,15-16H,1-2,5-6,11-14H2/b10-9+. The molecule has 1 aliphatic carbocycles. The number of carbonyl (C=O) groups excluding carboxylic acids is 2. The third-order valence-electron chi connectivity index (χ3n) is 5.44. The van der Waals surface area contributed by atoms with Crippen LogP contribution in [0.1, 0.15) is 31.4 Å². The van der Waals surface area contributed by atoms with E-state index in [2.05, 4.69) is 0 Å². The van der Waals surface area contributed by atoms with Crippen LogP contribution in [0.25, 0.3) is 17.0 Å². The first kappa shape index (κ1) is 16.9. The molecule has 0 bridgehead atoms. The van der Waals surface area contributed by atoms with Crippen molar-refractivity contribution in [1.82, 2.24) is 9.80 Å². The van der Waals surface area contributed by atoms with E-state index in [9.17, 15) is 9.59 Å². The average molecular weight is 352 g/mol. The van der Waals surface area contributed by atoms with Crippen LogP contribution in [0.5, 0.6) is 0 Å². The molecule has 1 saturated carbocycles. The Morgan fingerprint density at radius 3 is 2.42 bits per heavy atom. The van der Waals surface area contributed by atoms with Crippen LogP contribution in [0.2, 0.25) is 0 Å². The molecule has 2 aromatic rings. The third kappa shape index (κ3) is 3.52. The largest absolute Gasteiger partial charge is 0.457 e. The summed E-state index contributed by atoms with van der Waals surface area (Å²) >= 11 is 0. The van der Waals surface area contributed by atoms with Crippen LogP contribution in [-0.4, -0.2) is 47.8 Å². The van der Waals surface area contributed by atoms with Gasteiger partial charge in [-0.1, -0.05) is 31.0 Å². The van der Waals surface area contributed by atoms with Crippen molar-refractivity contribution in [3.05, 3.63) is 42.2 Å². The van der Waals surface area contributed by atoms with Gasteiger partial charge in [-0.2, -0.15) is 0 Å². The second kappa shape index (κ2) is 7.36. The number of carbonyl (C=O) groups is 2. The van der Waals surface area contributed by atoms with Crippen molar-refractivity contribution in [1.29, 1.82) is 0 Å². The van der Waals surface area contributed by atoms with Crippen molar-refractivity contribution < 1.29 is 14.0 Å². The van der Waals surface area contributed by atoms with Gasteiger partial charge in [-0.05, 0) is 31.1 Å². The van der Waals surface area contributed by atoms with Gasteiger partial charge >= 0.3 is 0 Å². The molecule has 2 aliphatic rings. The topological polar surface area (TPSA) is 53.8 Å². The molecule has 26 heavy (non-hydrogen) atoms. The number of benzene rings is 1. The fraction of sp³-hybridized carbons (Fsp3) is 0.429. The summed E-state index contributed by atoms with van der Waals surface area (Å²) in [5, 5.41) is 1.03. The van der Waals surface area contributed by atoms with Crippen LogP contribution < -0.4 is 0 Å². The van der Waals surface area contributed by atoms with Gasteiger partial charge in [-0.15, -0.1) is 0 Å². The smallest absolute Gasteiger partial charge is 0.246 e. The number of nitrogens with zero attached hydrogens (tertiary/aromatic N) is 2. The summed E-state index contributed by atoms with van der Waals surface area (Å²) in [5.41, 5.74) is 0.818. The number of hydrogen-bond acceptors (Lipinski definition) is 3. The molecule has 1 aliphatic heterocycles. The molecular formula is C21H24N2O3. The lowest BCUT2D eigenvalue weighted by molar-refractivity contribution is -0.140. The molecule has 136 valence electrons. The normalized spacial score (nSPS) is 18.9. The molecule has 2 heterocycles. The summed E-state index contributed by atoms with van der Waals surface area (Å²) in [6.45, 7) is 2.47. The zero-order chi connectivity index (χ0) is 17.9. The van der Waals surface area contributed by atoms with Crippen molar-refractivity contribution in [3.8, 4) is 0 Å². The Morgan fingerprint density at radius 2 is 1.69 bits per heavy atom. The molecular weight excluding hydrogens is 328 g/mol. The van der Waals surface area contributed by atoms with Gasteiger partial charge < -0.3 is 14.2 Å². The van der Waals surface area contributed by atoms with Gasteiger partial charge in [0.25, 0.3) is 0 Å². The Hall–Kier alpha value is -2.56. The van der Waals surface area contributed by atoms with E-state index in [1.165, 1.54) is 12.8 Å². The predicted molar refractivity (Wildman–Crippen MR) is 100 cm³/mol. The highest BCUT2D eigenvalue weighted by Crippen LogP contribution is 2.27. The molecule has 0 N–H and O–H groups in total. The first-order valence-corrected chi connectivity index (χ1v) is 9.45. The van der Waals surface area contributed by atoms with Gasteiger partial charge in [0.05, 0.1) is 0 Å². The average Bonchev–Trinajstić information content (AvgIpc) is 3.35. The molecule has 0 radical (unpaired) electrons. The molecule has 2 amide bonds. The molecule has 2 fully saturated rings. The van der Waals surface area contributed by atoms with E-state index in [-0.39, 0.29) is 17.7 Å². The minimum atomic E-state index is -0.0292. The van der Waals surface area contributed by atoms with Crippen molar-refractivity contribution in [2.24, 2.45) is 5.92 Å². The van der Waals surface area contributed by atoms with Crippen molar-refractivity contribution >= 4 is 28.9 Å². The molecule has 4 rings (SSSR count). The fourth-order valence-corrected chi connectivity index (χ4v) is 3.92. The lowest BCUT2D eigenvalue weighted by atomic mass is 10.1. The zero-order valence-electron chi connectivity index (χ0n) is 14.9. The maximum atomic E-state index is 12.5. The van der Waals surface area contributed by atoms with Gasteiger partial charge in [0.2, 0.25) is 11.8 Å². The highest BCUT2D eigenvalue weighted by atomic mass is 16.3. The summed E-state index contributed by atoms with van der Waals surface area (Å²) in [6.07, 6.45) is 7.67. The van der Waals surface area contributed by atoms with Gasteiger partial charge in [0.1, 0.15) is 11.3 Å². The fourth-order valence-electron chi connectivity index (χ4n) is 3.92. The molecule has 1 aromatic heterocycles. The number of fused-ring (bicyclic) bond motifs is 1. The Balaban J connectivity index is 1.32. The summed E-state index contributed by atoms with van der Waals surface area (Å²) in [6, 6.07) is 9.71. The first-order valence-electron chi connectivity index (χ1n) is 9.45. The molecule has 1 saturated heterocycles. The van der Waals surface area contributed by atoms with Gasteiger partial charge in [-0.25, -0.2) is 0 Å². The van der Waals surface area contributed by atoms with E-state index in [0.717, 1.165) is 23.8 Å². The highest BCUT2D eigenvalue weighted by molar-refractivity contribution is 5.92. The Morgan fingerprint density at radius 1 is 1.00 bits per heavy atom. The third-order valence-corrected chi connectivity index (χ3v) is 5.44. The summed E-state index contributed by atoms with van der Waals surface area (Å²) in [7, 11) is 0. The van der Waals surface area contributed by atoms with Gasteiger partial charge in [-0.3, -0.25) is 9.59 Å². The van der Waals surface area contributed by atoms with Crippen LogP contribution in [0.4, 0.5) is 0 Å². The minimum absolute atomic E-state index is 0.0292.